The smallest absolute Gasteiger partial charge is 0.315 e. The topological polar surface area (TPSA) is 174 Å². The summed E-state index contributed by atoms with van der Waals surface area (Å²) < 4.78 is 25.4. The van der Waals surface area contributed by atoms with Crippen LogP contribution in [0.25, 0.3) is 0 Å². The Morgan fingerprint density at radius 2 is 1.68 bits per heavy atom. The summed E-state index contributed by atoms with van der Waals surface area (Å²) in [6, 6.07) is -3.98. The molecule has 0 aromatic carbocycles. The van der Waals surface area contributed by atoms with Crippen molar-refractivity contribution in [2.24, 2.45) is 10.8 Å². The van der Waals surface area contributed by atoms with E-state index in [-0.39, 0.29) is 25.4 Å². The molecule has 5 amide bonds. The number of ketones is 1. The highest BCUT2D eigenvalue weighted by Gasteiger charge is 2.47. The van der Waals surface area contributed by atoms with Crippen LogP contribution in [0.5, 0.6) is 0 Å². The second kappa shape index (κ2) is 17.4. The molecule has 4 unspecified atom stereocenters. The molecule has 0 bridgehead atoms. The molecular formula is C33H58N6O7S. The maximum atomic E-state index is 14.4. The number of Topliss-reactive ketones (excluding diaryl/α,β-unsaturated/α-hetero) is 1. The van der Waals surface area contributed by atoms with Crippen molar-refractivity contribution in [3.05, 3.63) is 12.7 Å². The molecule has 4 atom stereocenters. The Bertz CT molecular complexity index is 1240. The lowest BCUT2D eigenvalue weighted by Crippen LogP contribution is -2.63. The van der Waals surface area contributed by atoms with Crippen molar-refractivity contribution >= 4 is 39.6 Å². The van der Waals surface area contributed by atoms with Crippen LogP contribution >= 0.6 is 0 Å². The highest BCUT2D eigenvalue weighted by atomic mass is 32.2. The zero-order valence-electron chi connectivity index (χ0n) is 29.4. The van der Waals surface area contributed by atoms with Crippen molar-refractivity contribution in [1.82, 2.24) is 30.5 Å². The third kappa shape index (κ3) is 11.6. The van der Waals surface area contributed by atoms with Gasteiger partial charge < -0.3 is 26.2 Å². The third-order valence-corrected chi connectivity index (χ3v) is 10.8. The van der Waals surface area contributed by atoms with Crippen LogP contribution in [0.1, 0.15) is 98.8 Å². The van der Waals surface area contributed by atoms with Gasteiger partial charge in [0.2, 0.25) is 27.6 Å². The van der Waals surface area contributed by atoms with Crippen LogP contribution in [-0.4, -0.2) is 104 Å². The highest BCUT2D eigenvalue weighted by molar-refractivity contribution is 7.88. The van der Waals surface area contributed by atoms with E-state index in [1.54, 1.807) is 0 Å². The minimum atomic E-state index is -3.50. The van der Waals surface area contributed by atoms with Gasteiger partial charge in [-0.05, 0) is 42.9 Å². The van der Waals surface area contributed by atoms with Gasteiger partial charge in [-0.3, -0.25) is 19.2 Å². The van der Waals surface area contributed by atoms with E-state index in [2.05, 4.69) is 27.8 Å². The Hall–Kier alpha value is -3.00. The second-order valence-electron chi connectivity index (χ2n) is 14.5. The average Bonchev–Trinajstić information content (AvgIpc) is 3.49. The first-order chi connectivity index (χ1) is 21.9. The number of urea groups is 1. The Kier molecular flexibility index (Phi) is 14.9. The van der Waals surface area contributed by atoms with Crippen molar-refractivity contribution in [2.75, 3.05) is 32.9 Å². The maximum absolute atomic E-state index is 14.4. The molecule has 47 heavy (non-hydrogen) atoms. The fourth-order valence-electron chi connectivity index (χ4n) is 6.27. The number of amides is 5. The van der Waals surface area contributed by atoms with Crippen molar-refractivity contribution in [1.29, 1.82) is 0 Å². The summed E-state index contributed by atoms with van der Waals surface area (Å²) in [5.41, 5.74) is -1.07. The molecule has 1 heterocycles. The lowest BCUT2D eigenvalue weighted by molar-refractivity contribution is -0.144. The molecular weight excluding hydrogens is 624 g/mol. The van der Waals surface area contributed by atoms with E-state index in [0.29, 0.717) is 38.6 Å². The normalized spacial score (nSPS) is 20.1. The summed E-state index contributed by atoms with van der Waals surface area (Å²) in [4.78, 5) is 68.5. The number of likely N-dealkylation sites (N-methyl/N-ethyl adjacent to an activating group) is 1. The zero-order chi connectivity index (χ0) is 35.6. The van der Waals surface area contributed by atoms with Gasteiger partial charge in [-0.1, -0.05) is 72.8 Å². The molecule has 0 radical (unpaired) electrons. The molecule has 0 aromatic rings. The number of hydrogen-bond acceptors (Lipinski definition) is 7. The summed E-state index contributed by atoms with van der Waals surface area (Å²) in [5, 5.41) is 11.1. The van der Waals surface area contributed by atoms with Crippen LogP contribution in [0.2, 0.25) is 0 Å². The number of sulfonamides is 1. The molecule has 2 aliphatic rings. The van der Waals surface area contributed by atoms with Gasteiger partial charge in [-0.25, -0.2) is 17.5 Å². The molecule has 13 nitrogen and oxygen atoms in total. The molecule has 0 aromatic heterocycles. The molecule has 1 saturated carbocycles. The summed E-state index contributed by atoms with van der Waals surface area (Å²) in [6.07, 6.45) is 9.41. The summed E-state index contributed by atoms with van der Waals surface area (Å²) >= 11 is 0. The largest absolute Gasteiger partial charge is 0.346 e. The minimum absolute atomic E-state index is 0.0452. The molecule has 2 fully saturated rings. The van der Waals surface area contributed by atoms with Crippen LogP contribution in [0.3, 0.4) is 0 Å². The number of unbranched alkanes of at least 4 members (excludes halogenated alkanes) is 1. The van der Waals surface area contributed by atoms with Gasteiger partial charge in [0.15, 0.2) is 0 Å². The van der Waals surface area contributed by atoms with Crippen LogP contribution in [-0.2, 0) is 29.2 Å². The zero-order valence-corrected chi connectivity index (χ0v) is 30.3. The predicted molar refractivity (Wildman–Crippen MR) is 182 cm³/mol. The Balaban J connectivity index is 2.32. The SMILES string of the molecule is C=CCNC(=O)C(=O)C(CCCC)NC(=O)C1CCCN1C(=O)C(NC(=O)NC(CN(C)S(C)(=O)=O)C(C)(C)C)C1(C)CCCCC1. The summed E-state index contributed by atoms with van der Waals surface area (Å²) in [7, 11) is -2.04. The highest BCUT2D eigenvalue weighted by Crippen LogP contribution is 2.40. The lowest BCUT2D eigenvalue weighted by atomic mass is 9.70. The van der Waals surface area contributed by atoms with E-state index in [0.717, 1.165) is 31.9 Å². The monoisotopic (exact) mass is 682 g/mol. The Morgan fingerprint density at radius 1 is 1.04 bits per heavy atom. The summed E-state index contributed by atoms with van der Waals surface area (Å²) in [6.45, 7) is 13.6. The van der Waals surface area contributed by atoms with Crippen molar-refractivity contribution < 1.29 is 32.4 Å². The van der Waals surface area contributed by atoms with Gasteiger partial charge in [0.05, 0.1) is 12.3 Å². The van der Waals surface area contributed by atoms with Gasteiger partial charge in [0, 0.05) is 32.7 Å². The second-order valence-corrected chi connectivity index (χ2v) is 16.6. The van der Waals surface area contributed by atoms with E-state index in [1.165, 1.54) is 22.3 Å². The van der Waals surface area contributed by atoms with Gasteiger partial charge in [0.1, 0.15) is 12.1 Å². The molecule has 1 aliphatic heterocycles. The van der Waals surface area contributed by atoms with Gasteiger partial charge >= 0.3 is 6.03 Å². The Labute approximate surface area is 281 Å². The van der Waals surface area contributed by atoms with Gasteiger partial charge in [-0.2, -0.15) is 0 Å². The fourth-order valence-corrected chi connectivity index (χ4v) is 6.69. The fraction of sp³-hybridized carbons (Fsp3) is 0.788. The van der Waals surface area contributed by atoms with Crippen LogP contribution in [0.15, 0.2) is 12.7 Å². The molecule has 4 N–H and O–H groups in total. The molecule has 14 heteroatoms. The third-order valence-electron chi connectivity index (χ3n) is 9.52. The van der Waals surface area contributed by atoms with Crippen LogP contribution in [0.4, 0.5) is 4.79 Å². The van der Waals surface area contributed by atoms with Gasteiger partial charge in [-0.15, -0.1) is 6.58 Å². The first kappa shape index (κ1) is 40.2. The standard InChI is InChI=1S/C33H58N6O7S/c1-9-11-16-23(26(40)29(42)34-20-10-2)35-28(41)24-17-15-21-39(24)30(43)27(33(6)18-13-12-14-19-33)37-31(44)36-25(32(3,4)5)22-38(7)47(8,45)46/h10,23-25,27H,2,9,11-22H2,1,3-8H3,(H,34,42)(H,35,41)(H2,36,37,44). The number of carbonyl (C=O) groups excluding carboxylic acids is 5. The van der Waals surface area contributed by atoms with E-state index < -0.39 is 68.6 Å². The number of nitrogens with one attached hydrogen (secondary N) is 4. The lowest BCUT2D eigenvalue weighted by Gasteiger charge is -2.43. The van der Waals surface area contributed by atoms with Crippen molar-refractivity contribution in [3.8, 4) is 0 Å². The molecule has 2 rings (SSSR count). The van der Waals surface area contributed by atoms with Crippen molar-refractivity contribution in [2.45, 2.75) is 123 Å². The van der Waals surface area contributed by atoms with E-state index in [4.69, 9.17) is 0 Å². The molecule has 1 saturated heterocycles. The Morgan fingerprint density at radius 3 is 2.23 bits per heavy atom. The first-order valence-electron chi connectivity index (χ1n) is 16.9. The van der Waals surface area contributed by atoms with E-state index in [9.17, 15) is 32.4 Å². The molecule has 268 valence electrons. The number of hydrogen-bond donors (Lipinski definition) is 4. The van der Waals surface area contributed by atoms with E-state index in [1.807, 2.05) is 34.6 Å². The number of rotatable bonds is 16. The quantitative estimate of drug-likeness (QED) is 0.143. The average molecular weight is 683 g/mol. The van der Waals surface area contributed by atoms with Gasteiger partial charge in [0.25, 0.3) is 5.91 Å². The van der Waals surface area contributed by atoms with E-state index >= 15 is 0 Å². The number of carbonyl (C=O) groups is 5. The predicted octanol–water partition coefficient (Wildman–Crippen LogP) is 2.47. The van der Waals surface area contributed by atoms with Crippen LogP contribution < -0.4 is 21.3 Å². The van der Waals surface area contributed by atoms with Crippen LogP contribution in [0, 0.1) is 10.8 Å². The maximum Gasteiger partial charge on any atom is 0.315 e. The van der Waals surface area contributed by atoms with Crippen molar-refractivity contribution in [3.63, 3.8) is 0 Å². The first-order valence-corrected chi connectivity index (χ1v) is 18.7. The minimum Gasteiger partial charge on any atom is -0.346 e. The summed E-state index contributed by atoms with van der Waals surface area (Å²) in [5.74, 6) is -2.42. The number of likely N-dealkylation sites (tertiary alicyclic amines) is 1. The molecule has 0 spiro atoms. The number of nitrogens with zero attached hydrogens (tertiary/aromatic N) is 2. The molecule has 1 aliphatic carbocycles.